The molecule has 2 rings (SSSR count). The maximum atomic E-state index is 12.3. The molecule has 2 N–H and O–H groups in total. The molecule has 1 aliphatic heterocycles. The van der Waals surface area contributed by atoms with Crippen molar-refractivity contribution in [2.24, 2.45) is 0 Å². The summed E-state index contributed by atoms with van der Waals surface area (Å²) >= 11 is 5.20. The topological polar surface area (TPSA) is 59.6 Å². The van der Waals surface area contributed by atoms with Gasteiger partial charge in [-0.15, -0.1) is 6.42 Å². The highest BCUT2D eigenvalue weighted by molar-refractivity contribution is 7.80. The minimum absolute atomic E-state index is 0.182. The Bertz CT molecular complexity index is 691. The van der Waals surface area contributed by atoms with Crippen LogP contribution < -0.4 is 15.4 Å². The number of carbonyl (C=O) groups is 1. The van der Waals surface area contributed by atoms with Gasteiger partial charge in [0.25, 0.3) is 0 Å². The molecule has 0 aromatic heterocycles. The van der Waals surface area contributed by atoms with E-state index in [1.54, 1.807) is 19.9 Å². The predicted molar refractivity (Wildman–Crippen MR) is 91.7 cm³/mol. The molecule has 1 atom stereocenters. The van der Waals surface area contributed by atoms with Crippen LogP contribution in [-0.2, 0) is 9.53 Å². The Labute approximate surface area is 141 Å². The van der Waals surface area contributed by atoms with Gasteiger partial charge in [0.2, 0.25) is 0 Å². The summed E-state index contributed by atoms with van der Waals surface area (Å²) in [5.41, 5.74) is 2.01. The van der Waals surface area contributed by atoms with Gasteiger partial charge in [-0.3, -0.25) is 0 Å². The van der Waals surface area contributed by atoms with Crippen LogP contribution in [0.15, 0.2) is 35.5 Å². The normalized spacial score (nSPS) is 16.9. The number of thiocarbonyl (C=S) groups is 1. The molecule has 0 saturated carbocycles. The van der Waals surface area contributed by atoms with Gasteiger partial charge < -0.3 is 20.1 Å². The lowest BCUT2D eigenvalue weighted by molar-refractivity contribution is -0.139. The van der Waals surface area contributed by atoms with Gasteiger partial charge >= 0.3 is 5.97 Å². The minimum atomic E-state index is -0.405. The van der Waals surface area contributed by atoms with E-state index in [2.05, 4.69) is 16.6 Å². The Morgan fingerprint density at radius 2 is 2.26 bits per heavy atom. The van der Waals surface area contributed by atoms with E-state index in [1.165, 1.54) is 0 Å². The first-order valence-corrected chi connectivity index (χ1v) is 7.59. The maximum Gasteiger partial charge on any atom is 0.338 e. The highest BCUT2D eigenvalue weighted by atomic mass is 32.1. The predicted octanol–water partition coefficient (Wildman–Crippen LogP) is 2.05. The minimum Gasteiger partial charge on any atom is -0.481 e. The fraction of sp³-hybridized carbons (Fsp3) is 0.294. The van der Waals surface area contributed by atoms with Gasteiger partial charge in [0.05, 0.1) is 18.2 Å². The number of carbonyl (C=O) groups excluding carboxylic acids is 1. The molecule has 6 heteroatoms. The van der Waals surface area contributed by atoms with Gasteiger partial charge in [-0.2, -0.15) is 0 Å². The van der Waals surface area contributed by atoms with Crippen molar-refractivity contribution < 1.29 is 14.3 Å². The van der Waals surface area contributed by atoms with Crippen molar-refractivity contribution >= 4 is 23.3 Å². The molecule has 0 spiro atoms. The fourth-order valence-electron chi connectivity index (χ4n) is 2.33. The van der Waals surface area contributed by atoms with Gasteiger partial charge in [0.1, 0.15) is 12.4 Å². The zero-order chi connectivity index (χ0) is 16.8. The van der Waals surface area contributed by atoms with E-state index in [4.69, 9.17) is 28.1 Å². The third-order valence-electron chi connectivity index (χ3n) is 3.28. The Kier molecular flexibility index (Phi) is 5.61. The molecule has 1 aromatic carbocycles. The third kappa shape index (κ3) is 4.02. The summed E-state index contributed by atoms with van der Waals surface area (Å²) in [4.78, 5) is 12.3. The number of ether oxygens (including phenoxy) is 2. The van der Waals surface area contributed by atoms with E-state index in [-0.39, 0.29) is 12.6 Å². The number of nitrogens with one attached hydrogen (secondary N) is 2. The number of hydrogen-bond donors (Lipinski definition) is 2. The second-order valence-corrected chi connectivity index (χ2v) is 5.26. The zero-order valence-corrected chi connectivity index (χ0v) is 13.8. The first-order valence-electron chi connectivity index (χ1n) is 7.18. The SMILES string of the molecule is C#CCOc1cccc(C2NC(=S)NC(C)=C2C(=O)OCC)c1. The Hall–Kier alpha value is -2.52. The quantitative estimate of drug-likeness (QED) is 0.490. The van der Waals surface area contributed by atoms with Crippen molar-refractivity contribution in [1.82, 2.24) is 10.6 Å². The van der Waals surface area contributed by atoms with E-state index in [0.717, 1.165) is 5.56 Å². The van der Waals surface area contributed by atoms with E-state index in [0.29, 0.717) is 28.7 Å². The molecule has 23 heavy (non-hydrogen) atoms. The zero-order valence-electron chi connectivity index (χ0n) is 13.0. The molecule has 5 nitrogen and oxygen atoms in total. The first kappa shape index (κ1) is 16.8. The van der Waals surface area contributed by atoms with Crippen molar-refractivity contribution in [3.8, 4) is 18.1 Å². The first-order chi connectivity index (χ1) is 11.1. The van der Waals surface area contributed by atoms with Crippen LogP contribution in [0.1, 0.15) is 25.5 Å². The molecule has 1 aliphatic rings. The highest BCUT2D eigenvalue weighted by Gasteiger charge is 2.30. The highest BCUT2D eigenvalue weighted by Crippen LogP contribution is 2.29. The van der Waals surface area contributed by atoms with Crippen molar-refractivity contribution in [3.05, 3.63) is 41.1 Å². The number of benzene rings is 1. The summed E-state index contributed by atoms with van der Waals surface area (Å²) in [6.45, 7) is 4.05. The van der Waals surface area contributed by atoms with Crippen LogP contribution in [0.3, 0.4) is 0 Å². The van der Waals surface area contributed by atoms with Crippen molar-refractivity contribution in [1.29, 1.82) is 0 Å². The molecule has 0 amide bonds. The molecular formula is C17H18N2O3S. The largest absolute Gasteiger partial charge is 0.481 e. The lowest BCUT2D eigenvalue weighted by atomic mass is 9.95. The van der Waals surface area contributed by atoms with Crippen LogP contribution in [0.4, 0.5) is 0 Å². The standard InChI is InChI=1S/C17H18N2O3S/c1-4-9-22-13-8-6-7-12(10-13)15-14(16(20)21-5-2)11(3)18-17(23)19-15/h1,6-8,10,15H,5,9H2,2-3H3,(H2,18,19,23). The molecule has 0 bridgehead atoms. The summed E-state index contributed by atoms with van der Waals surface area (Å²) in [7, 11) is 0. The van der Waals surface area contributed by atoms with E-state index in [9.17, 15) is 4.79 Å². The summed E-state index contributed by atoms with van der Waals surface area (Å²) in [6, 6.07) is 6.96. The molecule has 120 valence electrons. The van der Waals surface area contributed by atoms with Crippen molar-refractivity contribution in [3.63, 3.8) is 0 Å². The molecule has 1 aromatic rings. The van der Waals surface area contributed by atoms with E-state index >= 15 is 0 Å². The molecule has 0 fully saturated rings. The summed E-state index contributed by atoms with van der Waals surface area (Å²) in [6.07, 6.45) is 5.21. The number of terminal acetylenes is 1. The molecule has 1 heterocycles. The number of allylic oxidation sites excluding steroid dienone is 1. The van der Waals surface area contributed by atoms with Crippen LogP contribution >= 0.6 is 12.2 Å². The van der Waals surface area contributed by atoms with Gasteiger partial charge in [0.15, 0.2) is 5.11 Å². The van der Waals surface area contributed by atoms with Crippen molar-refractivity contribution in [2.75, 3.05) is 13.2 Å². The monoisotopic (exact) mass is 330 g/mol. The van der Waals surface area contributed by atoms with Crippen LogP contribution in [0.5, 0.6) is 5.75 Å². The number of esters is 1. The van der Waals surface area contributed by atoms with Gasteiger partial charge in [-0.25, -0.2) is 4.79 Å². The van der Waals surface area contributed by atoms with Crippen LogP contribution in [0.25, 0.3) is 0 Å². The van der Waals surface area contributed by atoms with Crippen LogP contribution in [-0.4, -0.2) is 24.3 Å². The van der Waals surface area contributed by atoms with Gasteiger partial charge in [-0.1, -0.05) is 18.1 Å². The van der Waals surface area contributed by atoms with Crippen LogP contribution in [0.2, 0.25) is 0 Å². The molecule has 1 unspecified atom stereocenters. The van der Waals surface area contributed by atoms with Gasteiger partial charge in [0, 0.05) is 5.70 Å². The molecule has 0 aliphatic carbocycles. The Balaban J connectivity index is 2.38. The lowest BCUT2D eigenvalue weighted by Gasteiger charge is -2.30. The van der Waals surface area contributed by atoms with Gasteiger partial charge in [-0.05, 0) is 43.8 Å². The summed E-state index contributed by atoms with van der Waals surface area (Å²) in [5, 5.41) is 6.51. The average Bonchev–Trinajstić information content (AvgIpc) is 2.52. The smallest absolute Gasteiger partial charge is 0.338 e. The summed E-state index contributed by atoms with van der Waals surface area (Å²) in [5.74, 6) is 2.67. The van der Waals surface area contributed by atoms with E-state index in [1.807, 2.05) is 18.2 Å². The summed E-state index contributed by atoms with van der Waals surface area (Å²) < 4.78 is 10.6. The third-order valence-corrected chi connectivity index (χ3v) is 3.50. The fourth-order valence-corrected chi connectivity index (χ4v) is 2.60. The Morgan fingerprint density at radius 3 is 2.96 bits per heavy atom. The van der Waals surface area contributed by atoms with Crippen molar-refractivity contribution in [2.45, 2.75) is 19.9 Å². The van der Waals surface area contributed by atoms with E-state index < -0.39 is 6.04 Å². The Morgan fingerprint density at radius 1 is 1.48 bits per heavy atom. The number of rotatable bonds is 5. The van der Waals surface area contributed by atoms with Crippen LogP contribution in [0, 0.1) is 12.3 Å². The second-order valence-electron chi connectivity index (χ2n) is 4.86. The number of hydrogen-bond acceptors (Lipinski definition) is 4. The molecular weight excluding hydrogens is 312 g/mol. The average molecular weight is 330 g/mol. The maximum absolute atomic E-state index is 12.3. The lowest BCUT2D eigenvalue weighted by Crippen LogP contribution is -2.45. The second kappa shape index (κ2) is 7.65. The molecule has 0 saturated heterocycles. The molecule has 0 radical (unpaired) electrons.